The van der Waals surface area contributed by atoms with E-state index in [4.69, 9.17) is 9.47 Å². The van der Waals surface area contributed by atoms with E-state index >= 15 is 0 Å². The highest BCUT2D eigenvalue weighted by Crippen LogP contribution is 2.29. The van der Waals surface area contributed by atoms with Crippen molar-refractivity contribution >= 4 is 5.78 Å². The molecule has 0 bridgehead atoms. The van der Waals surface area contributed by atoms with Gasteiger partial charge in [0.05, 0.1) is 35.4 Å². The molecule has 0 aliphatic carbocycles. The molecule has 1 unspecified atom stereocenters. The molecular weight excluding hydrogens is 465 g/mol. The molecule has 0 heterocycles. The largest absolute Gasteiger partial charge is 1.00 e. The number of Topliss-reactive ketones (excluding diaryl/α,β-unsaturated/α-hetero) is 1. The summed E-state index contributed by atoms with van der Waals surface area (Å²) in [6, 6.07) is 5.43. The standard InChI is InChI=1S/C23H40NO3.HI/c1-7-8-9-10-11-12-13-14-15-20(24(2,3)4)23(25)19-16-17-21(26-5)22(18-19)27-6;/h16-18,20H,7-15H2,1-6H3;1H/q+1;/p-1. The predicted octanol–water partition coefficient (Wildman–Crippen LogP) is 2.50. The molecule has 162 valence electrons. The van der Waals surface area contributed by atoms with Crippen molar-refractivity contribution in [2.24, 2.45) is 0 Å². The maximum Gasteiger partial charge on any atom is 0.220 e. The van der Waals surface area contributed by atoms with Gasteiger partial charge in [0.25, 0.3) is 0 Å². The Labute approximate surface area is 189 Å². The number of nitrogens with zero attached hydrogens (tertiary/aromatic N) is 1. The van der Waals surface area contributed by atoms with Gasteiger partial charge in [-0.3, -0.25) is 4.79 Å². The fourth-order valence-corrected chi connectivity index (χ4v) is 3.52. The second-order valence-corrected chi connectivity index (χ2v) is 8.33. The molecule has 0 aromatic heterocycles. The number of hydrogen-bond acceptors (Lipinski definition) is 3. The molecular formula is C23H40INO3. The van der Waals surface area contributed by atoms with Crippen LogP contribution in [0.3, 0.4) is 0 Å². The van der Waals surface area contributed by atoms with Crippen molar-refractivity contribution in [3.63, 3.8) is 0 Å². The maximum atomic E-state index is 13.2. The Morgan fingerprint density at radius 1 is 0.893 bits per heavy atom. The minimum absolute atomic E-state index is 0. The van der Waals surface area contributed by atoms with E-state index in [9.17, 15) is 4.79 Å². The van der Waals surface area contributed by atoms with Crippen LogP contribution in [-0.2, 0) is 0 Å². The summed E-state index contributed by atoms with van der Waals surface area (Å²) in [5.74, 6) is 1.45. The minimum Gasteiger partial charge on any atom is -1.00 e. The number of rotatable bonds is 14. The number of likely N-dealkylation sites (N-methyl/N-ethyl adjacent to an activating group) is 1. The lowest BCUT2D eigenvalue weighted by Gasteiger charge is -2.33. The summed E-state index contributed by atoms with van der Waals surface area (Å²) in [7, 11) is 9.52. The SMILES string of the molecule is CCCCCCCCCCC(C(=O)c1ccc(OC)c(OC)c1)[N+](C)(C)C.[I-]. The molecule has 0 fully saturated rings. The van der Waals surface area contributed by atoms with Gasteiger partial charge < -0.3 is 37.9 Å². The smallest absolute Gasteiger partial charge is 0.220 e. The van der Waals surface area contributed by atoms with Crippen molar-refractivity contribution in [2.45, 2.75) is 70.8 Å². The first-order chi connectivity index (χ1) is 12.8. The van der Waals surface area contributed by atoms with Crippen LogP contribution in [0.1, 0.15) is 75.1 Å². The number of carbonyl (C=O) groups is 1. The fourth-order valence-electron chi connectivity index (χ4n) is 3.52. The summed E-state index contributed by atoms with van der Waals surface area (Å²) in [5.41, 5.74) is 0.699. The van der Waals surface area contributed by atoms with Crippen molar-refractivity contribution in [1.82, 2.24) is 0 Å². The number of ether oxygens (including phenoxy) is 2. The van der Waals surface area contributed by atoms with E-state index in [-0.39, 0.29) is 35.8 Å². The van der Waals surface area contributed by atoms with Crippen LogP contribution in [-0.4, -0.2) is 51.7 Å². The van der Waals surface area contributed by atoms with Gasteiger partial charge in [-0.15, -0.1) is 0 Å². The Hall–Kier alpha value is -0.820. The van der Waals surface area contributed by atoms with E-state index in [0.29, 0.717) is 21.5 Å². The van der Waals surface area contributed by atoms with Crippen LogP contribution in [0, 0.1) is 0 Å². The molecule has 0 spiro atoms. The lowest BCUT2D eigenvalue weighted by Crippen LogP contribution is -3.00. The van der Waals surface area contributed by atoms with Crippen LogP contribution in [0.2, 0.25) is 0 Å². The van der Waals surface area contributed by atoms with Crippen molar-refractivity contribution in [3.8, 4) is 11.5 Å². The van der Waals surface area contributed by atoms with Crippen LogP contribution in [0.25, 0.3) is 0 Å². The van der Waals surface area contributed by atoms with Gasteiger partial charge >= 0.3 is 0 Å². The number of methoxy groups -OCH3 is 2. The van der Waals surface area contributed by atoms with E-state index in [1.807, 2.05) is 12.1 Å². The summed E-state index contributed by atoms with van der Waals surface area (Å²) in [4.78, 5) is 13.2. The van der Waals surface area contributed by atoms with E-state index in [1.165, 1.54) is 44.9 Å². The molecule has 0 aliphatic rings. The maximum absolute atomic E-state index is 13.2. The van der Waals surface area contributed by atoms with Crippen molar-refractivity contribution in [1.29, 1.82) is 0 Å². The van der Waals surface area contributed by atoms with E-state index in [1.54, 1.807) is 20.3 Å². The Bertz CT molecular complexity index is 569. The van der Waals surface area contributed by atoms with Crippen LogP contribution in [0.4, 0.5) is 0 Å². The van der Waals surface area contributed by atoms with Gasteiger partial charge in [-0.05, 0) is 24.6 Å². The molecule has 0 amide bonds. The Morgan fingerprint density at radius 3 is 1.93 bits per heavy atom. The van der Waals surface area contributed by atoms with Crippen LogP contribution in [0.5, 0.6) is 11.5 Å². The summed E-state index contributed by atoms with van der Waals surface area (Å²) < 4.78 is 11.3. The normalized spacial score (nSPS) is 12.2. The highest BCUT2D eigenvalue weighted by Gasteiger charge is 2.32. The topological polar surface area (TPSA) is 35.5 Å². The number of carbonyl (C=O) groups excluding carboxylic acids is 1. The molecule has 0 N–H and O–H groups in total. The molecule has 1 rings (SSSR count). The molecule has 28 heavy (non-hydrogen) atoms. The van der Waals surface area contributed by atoms with Crippen molar-refractivity contribution in [2.75, 3.05) is 35.4 Å². The molecule has 4 nitrogen and oxygen atoms in total. The number of ketones is 1. The Morgan fingerprint density at radius 2 is 1.43 bits per heavy atom. The van der Waals surface area contributed by atoms with E-state index in [0.717, 1.165) is 12.8 Å². The van der Waals surface area contributed by atoms with Gasteiger partial charge in [0.2, 0.25) is 5.78 Å². The molecule has 5 heteroatoms. The average Bonchev–Trinajstić information content (AvgIpc) is 2.64. The van der Waals surface area contributed by atoms with Crippen molar-refractivity contribution in [3.05, 3.63) is 23.8 Å². The van der Waals surface area contributed by atoms with Gasteiger partial charge in [0.15, 0.2) is 17.5 Å². The highest BCUT2D eigenvalue weighted by atomic mass is 127. The molecule has 1 atom stereocenters. The molecule has 0 radical (unpaired) electrons. The van der Waals surface area contributed by atoms with Gasteiger partial charge in [0.1, 0.15) is 0 Å². The zero-order valence-electron chi connectivity index (χ0n) is 18.7. The van der Waals surface area contributed by atoms with E-state index < -0.39 is 0 Å². The first-order valence-electron chi connectivity index (χ1n) is 10.4. The molecule has 1 aromatic carbocycles. The minimum atomic E-state index is -0.0387. The second kappa shape index (κ2) is 14.2. The average molecular weight is 505 g/mol. The van der Waals surface area contributed by atoms with E-state index in [2.05, 4.69) is 28.1 Å². The number of benzene rings is 1. The quantitative estimate of drug-likeness (QED) is 0.169. The van der Waals surface area contributed by atoms with Gasteiger partial charge in [-0.1, -0.05) is 51.9 Å². The molecule has 0 aliphatic heterocycles. The number of hydrogen-bond donors (Lipinski definition) is 0. The van der Waals surface area contributed by atoms with Crippen LogP contribution >= 0.6 is 0 Å². The summed E-state index contributed by atoms with van der Waals surface area (Å²) in [6.45, 7) is 2.25. The zero-order chi connectivity index (χ0) is 20.3. The van der Waals surface area contributed by atoms with Crippen molar-refractivity contribution < 1.29 is 42.7 Å². The monoisotopic (exact) mass is 505 g/mol. The first-order valence-corrected chi connectivity index (χ1v) is 10.4. The van der Waals surface area contributed by atoms with Crippen LogP contribution < -0.4 is 33.5 Å². The molecule has 0 saturated heterocycles. The Balaban J connectivity index is 0.00000729. The molecule has 0 saturated carbocycles. The predicted molar refractivity (Wildman–Crippen MR) is 113 cm³/mol. The lowest BCUT2D eigenvalue weighted by atomic mass is 9.96. The fraction of sp³-hybridized carbons (Fsp3) is 0.696. The third kappa shape index (κ3) is 9.12. The lowest BCUT2D eigenvalue weighted by molar-refractivity contribution is -0.886. The highest BCUT2D eigenvalue weighted by molar-refractivity contribution is 6.00. The zero-order valence-corrected chi connectivity index (χ0v) is 20.9. The van der Waals surface area contributed by atoms with Gasteiger partial charge in [-0.2, -0.15) is 0 Å². The first kappa shape index (κ1) is 27.2. The summed E-state index contributed by atoms with van der Waals surface area (Å²) in [6.07, 6.45) is 11.2. The summed E-state index contributed by atoms with van der Waals surface area (Å²) >= 11 is 0. The summed E-state index contributed by atoms with van der Waals surface area (Å²) in [5, 5.41) is 0. The van der Waals surface area contributed by atoms with Crippen LogP contribution in [0.15, 0.2) is 18.2 Å². The number of unbranched alkanes of at least 4 members (excludes halogenated alkanes) is 7. The number of quaternary nitrogens is 1. The third-order valence-corrected chi connectivity index (χ3v) is 5.24. The van der Waals surface area contributed by atoms with Gasteiger partial charge in [-0.25, -0.2) is 0 Å². The molecule has 1 aromatic rings. The Kier molecular flexibility index (Phi) is 13.8. The second-order valence-electron chi connectivity index (χ2n) is 8.33. The van der Waals surface area contributed by atoms with Gasteiger partial charge in [0, 0.05) is 12.0 Å². The number of halogens is 1. The third-order valence-electron chi connectivity index (χ3n) is 5.24.